The fourth-order valence-corrected chi connectivity index (χ4v) is 17.0. The van der Waals surface area contributed by atoms with Crippen molar-refractivity contribution >= 4 is 129 Å². The zero-order valence-electron chi connectivity index (χ0n) is 74.5. The van der Waals surface area contributed by atoms with Gasteiger partial charge in [-0.05, 0) is 115 Å². The summed E-state index contributed by atoms with van der Waals surface area (Å²) in [5.74, 6) is -30.0. The highest BCUT2D eigenvalue weighted by Crippen LogP contribution is 2.29. The Morgan fingerprint density at radius 3 is 1.63 bits per heavy atom. The van der Waals surface area contributed by atoms with Crippen molar-refractivity contribution < 1.29 is 119 Å². The van der Waals surface area contributed by atoms with Gasteiger partial charge in [-0.3, -0.25) is 86.3 Å². The molecule has 0 spiro atoms. The summed E-state index contributed by atoms with van der Waals surface area (Å²) < 4.78 is 59.7. The van der Waals surface area contributed by atoms with E-state index in [1.807, 2.05) is 0 Å². The number of aromatic amines is 1. The van der Waals surface area contributed by atoms with Gasteiger partial charge < -0.3 is 104 Å². The number of piperidine rings is 1. The molecule has 9 rings (SSSR count). The first-order valence-corrected chi connectivity index (χ1v) is 44.7. The van der Waals surface area contributed by atoms with Crippen LogP contribution >= 0.6 is 11.8 Å². The molecule has 38 nitrogen and oxygen atoms in total. The number of rotatable bonds is 23. The van der Waals surface area contributed by atoms with Gasteiger partial charge in [-0.1, -0.05) is 106 Å². The van der Waals surface area contributed by atoms with Crippen LogP contribution in [-0.2, 0) is 118 Å². The predicted molar refractivity (Wildman–Crippen MR) is 475 cm³/mol. The molecule has 0 bridgehead atoms. The number of nitrogens with zero attached hydrogens (tertiary/aromatic N) is 5. The van der Waals surface area contributed by atoms with E-state index < -0.39 is 276 Å². The van der Waals surface area contributed by atoms with Crippen LogP contribution < -0.4 is 59.3 Å². The molecule has 0 aliphatic carbocycles. The molecule has 16 amide bonds. The first-order valence-electron chi connectivity index (χ1n) is 43.5. The van der Waals surface area contributed by atoms with E-state index in [4.69, 9.17) is 11.5 Å². The lowest BCUT2D eigenvalue weighted by Crippen LogP contribution is -2.63. The molecular formula is C91H111F4N17O21S. The van der Waals surface area contributed by atoms with Crippen molar-refractivity contribution in [1.82, 2.24) is 77.3 Å². The molecule has 17 N–H and O–H groups in total. The number of fused-ring (bicyclic) bond motifs is 3. The molecule has 13 atom stereocenters. The molecule has 43 heteroatoms. The Morgan fingerprint density at radius 2 is 1.00 bits per heavy atom. The molecule has 3 aliphatic rings. The SMILES string of the molecule is CCCC[C@H]1C(=O)N2CCC[C@@H]2C(=O)N[C@@H](CC(=O)O)C(=O)N[C@H](C(C)C)C(=O)N(C)[C@@H](Cc2ccccc2)C(=O)N[C@@H](CC(=O)O)C(=O)N2CCCC[C@@H]2C(=O)N[C@H](Cc2c[nH]c3ccccc23)C(=O)N[C@@H](Cc2ccc(O)cc2)C(=O)N[C@@H](CC(N)=O)C(=O)N[C@H](C(=O)NCC(N)=O)CSCC(=O)N[C@@H](Cc2cc(F)c(F)c(F)c2)C(=O)N(C)[C@@H](Cc2ccc(F)cc2)C(=O)N1C. The first-order chi connectivity index (χ1) is 63.6. The number of carboxylic acid groups (broad SMARTS) is 2. The molecule has 720 valence electrons. The molecule has 4 heterocycles. The summed E-state index contributed by atoms with van der Waals surface area (Å²) in [6.07, 6.45) is -3.49. The van der Waals surface area contributed by atoms with E-state index in [2.05, 4.69) is 52.8 Å². The van der Waals surface area contributed by atoms with Crippen LogP contribution in [0.15, 0.2) is 121 Å². The van der Waals surface area contributed by atoms with Gasteiger partial charge in [0.15, 0.2) is 17.5 Å². The lowest BCUT2D eigenvalue weighted by Gasteiger charge is -2.38. The zero-order valence-corrected chi connectivity index (χ0v) is 75.3. The highest BCUT2D eigenvalue weighted by Gasteiger charge is 2.47. The van der Waals surface area contributed by atoms with Crippen molar-refractivity contribution in [3.05, 3.63) is 173 Å². The Balaban J connectivity index is 1.14. The Morgan fingerprint density at radius 1 is 0.493 bits per heavy atom. The van der Waals surface area contributed by atoms with Gasteiger partial charge in [0, 0.05) is 89.2 Å². The molecule has 3 fully saturated rings. The highest BCUT2D eigenvalue weighted by molar-refractivity contribution is 8.00. The number of hydrogen-bond acceptors (Lipinski definition) is 20. The monoisotopic (exact) mass is 1890 g/mol. The van der Waals surface area contributed by atoms with E-state index in [1.54, 1.807) is 61.5 Å². The lowest BCUT2D eigenvalue weighted by atomic mass is 9.97. The molecule has 3 saturated heterocycles. The number of carbonyl (C=O) groups excluding carboxylic acids is 16. The maximum Gasteiger partial charge on any atom is 0.305 e. The number of H-pyrrole nitrogens is 1. The number of benzene rings is 5. The third-order valence-corrected chi connectivity index (χ3v) is 24.4. The second-order valence-corrected chi connectivity index (χ2v) is 34.6. The number of halogens is 4. The van der Waals surface area contributed by atoms with Gasteiger partial charge in [-0.2, -0.15) is 0 Å². The van der Waals surface area contributed by atoms with Crippen LogP contribution in [0.5, 0.6) is 5.75 Å². The molecule has 134 heavy (non-hydrogen) atoms. The maximum atomic E-state index is 15.6. The molecule has 0 saturated carbocycles. The summed E-state index contributed by atoms with van der Waals surface area (Å²) in [5, 5.41) is 54.0. The number of thioether (sulfide) groups is 1. The fourth-order valence-electron chi connectivity index (χ4n) is 16.2. The number of phenols is 1. The quantitative estimate of drug-likeness (QED) is 0.0310. The van der Waals surface area contributed by atoms with Crippen molar-refractivity contribution in [2.24, 2.45) is 17.4 Å². The van der Waals surface area contributed by atoms with Gasteiger partial charge in [0.2, 0.25) is 94.5 Å². The number of aromatic nitrogens is 1. The molecule has 5 aromatic carbocycles. The number of para-hydroxylation sites is 1. The minimum atomic E-state index is -2.08. The number of unbranched alkanes of at least 4 members (excludes halogenated alkanes) is 1. The number of carbonyl (C=O) groups is 18. The van der Waals surface area contributed by atoms with Crippen molar-refractivity contribution in [3.8, 4) is 5.75 Å². The smallest absolute Gasteiger partial charge is 0.305 e. The minimum Gasteiger partial charge on any atom is -0.508 e. The number of hydrogen-bond donors (Lipinski definition) is 15. The Bertz CT molecular complexity index is 5310. The summed E-state index contributed by atoms with van der Waals surface area (Å²) in [6.45, 7) is 3.46. The summed E-state index contributed by atoms with van der Waals surface area (Å²) in [7, 11) is 3.47. The standard InChI is InChI=1S/C91H111F4N17O21S/c1-7-8-21-69-90(132)112-33-16-23-68(112)85(127)104-63(42-75(117)118)83(125)107-78(48(2)3)91(133)109(5)70(38-49-17-10-9-11-18-49)86(128)105-65(43-76(119)120)88(130)111-32-15-14-22-67(111)84(126)103-61(40-53-44-98-59-20-13-12-19-56(53)59)81(123)101-60(36-50-26-30-55(113)31-27-50)80(122)102-62(41-72(96)114)82(124)106-66(79(121)99-45-73(97)115)46-134-47-74(116)100-64(37-52-34-57(93)77(95)58(94)35-52)87(129)110(6)71(89(131)108(69)4)39-51-24-28-54(92)29-25-51/h9-13,17-20,24-31,34-35,44,48,60-71,78,98,113H,7-8,14-16,21-23,32-33,36-43,45-47H2,1-6H3,(H2,96,114)(H2,97,115)(H,99,121)(H,100,116)(H,101,123)(H,102,122)(H,103,126)(H,104,127)(H,105,128)(H,106,124)(H,107,125)(H,117,118)(H,119,120)/t60-,61+,62-,63-,64-,65-,66-,67+,68+,69-,70-,71-,78+/m0/s1. The molecule has 1 aromatic heterocycles. The largest absolute Gasteiger partial charge is 0.508 e. The summed E-state index contributed by atoms with van der Waals surface area (Å²) >= 11 is 0.545. The number of aliphatic carboxylic acids is 2. The van der Waals surface area contributed by atoms with E-state index in [0.29, 0.717) is 52.3 Å². The van der Waals surface area contributed by atoms with Crippen molar-refractivity contribution in [2.45, 2.75) is 202 Å². The number of likely N-dealkylation sites (N-methyl/N-ethyl adjacent to an activating group) is 3. The van der Waals surface area contributed by atoms with Gasteiger partial charge in [-0.15, -0.1) is 11.8 Å². The van der Waals surface area contributed by atoms with Gasteiger partial charge in [-0.25, -0.2) is 17.6 Å². The summed E-state index contributed by atoms with van der Waals surface area (Å²) in [4.78, 5) is 270. The number of phenolic OH excluding ortho intramolecular Hbond substituents is 1. The Hall–Kier alpha value is -14.0. The van der Waals surface area contributed by atoms with Crippen molar-refractivity contribution in [1.29, 1.82) is 0 Å². The number of aromatic hydroxyl groups is 1. The first kappa shape index (κ1) is 104. The molecule has 0 unspecified atom stereocenters. The van der Waals surface area contributed by atoms with Gasteiger partial charge >= 0.3 is 11.9 Å². The van der Waals surface area contributed by atoms with E-state index in [9.17, 15) is 67.3 Å². The number of primary amides is 2. The van der Waals surface area contributed by atoms with Gasteiger partial charge in [0.25, 0.3) is 0 Å². The Labute approximate surface area is 772 Å². The van der Waals surface area contributed by atoms with E-state index >= 15 is 51.9 Å². The third kappa shape index (κ3) is 28.5. The molecule has 6 aromatic rings. The second kappa shape index (κ2) is 48.4. The normalized spacial score (nSPS) is 23.5. The Kier molecular flexibility index (Phi) is 37.4. The van der Waals surface area contributed by atoms with Crippen LogP contribution in [-0.4, -0.2) is 282 Å². The van der Waals surface area contributed by atoms with Crippen LogP contribution in [0.2, 0.25) is 0 Å². The third-order valence-electron chi connectivity index (χ3n) is 23.4. The van der Waals surface area contributed by atoms with E-state index in [0.717, 1.165) is 43.7 Å². The van der Waals surface area contributed by atoms with Crippen LogP contribution in [0, 0.1) is 29.2 Å². The van der Waals surface area contributed by atoms with Crippen LogP contribution in [0.3, 0.4) is 0 Å². The number of carboxylic acids is 2. The lowest BCUT2D eigenvalue weighted by molar-refractivity contribution is -0.152. The van der Waals surface area contributed by atoms with Crippen molar-refractivity contribution in [3.63, 3.8) is 0 Å². The average molecular weight is 1890 g/mol. The predicted octanol–water partition coefficient (Wildman–Crippen LogP) is 0.694. The number of nitrogens with one attached hydrogen (secondary N) is 10. The van der Waals surface area contributed by atoms with Crippen LogP contribution in [0.4, 0.5) is 17.6 Å². The second-order valence-electron chi connectivity index (χ2n) is 33.6. The van der Waals surface area contributed by atoms with Crippen LogP contribution in [0.1, 0.15) is 119 Å². The number of amides is 16. The topological polar surface area (TPSA) is 560 Å². The van der Waals surface area contributed by atoms with Gasteiger partial charge in [0.05, 0.1) is 31.6 Å². The molecular weight excluding hydrogens is 1780 g/mol. The van der Waals surface area contributed by atoms with E-state index in [-0.39, 0.29) is 87.8 Å². The summed E-state index contributed by atoms with van der Waals surface area (Å²) in [6, 6.07) is 2.49. The highest BCUT2D eigenvalue weighted by atomic mass is 32.2. The maximum absolute atomic E-state index is 15.6. The summed E-state index contributed by atoms with van der Waals surface area (Å²) in [5.41, 5.74) is 12.5. The van der Waals surface area contributed by atoms with Gasteiger partial charge in [0.1, 0.15) is 90.1 Å². The average Bonchev–Trinajstić information content (AvgIpc) is 1.57. The van der Waals surface area contributed by atoms with Crippen LogP contribution in [0.25, 0.3) is 10.9 Å². The zero-order chi connectivity index (χ0) is 98.1. The molecule has 0 radical (unpaired) electrons. The minimum absolute atomic E-state index is 0.104. The molecule has 3 aliphatic heterocycles. The van der Waals surface area contributed by atoms with E-state index in [1.165, 1.54) is 70.5 Å². The van der Waals surface area contributed by atoms with Crippen molar-refractivity contribution in [2.75, 3.05) is 52.3 Å². The fraction of sp³-hybridized carbons (Fsp3) is 0.451. The number of nitrogens with two attached hydrogens (primary N) is 2.